The number of Topliss-reactive ketones (excluding diaryl/α,β-unsaturated/α-hetero) is 1. The molecule has 1 N–H and O–H groups in total. The van der Waals surface area contributed by atoms with Gasteiger partial charge in [0, 0.05) is 1.43 Å². The lowest BCUT2D eigenvalue weighted by atomic mass is 9.91. The van der Waals surface area contributed by atoms with Crippen LogP contribution in [0, 0.1) is 5.92 Å². The van der Waals surface area contributed by atoms with Crippen LogP contribution in [0.1, 0.15) is 48.0 Å². The lowest BCUT2D eigenvalue weighted by molar-refractivity contribution is -0.152. The predicted octanol–water partition coefficient (Wildman–Crippen LogP) is 3.53. The number of hydrogen-bond acceptors (Lipinski definition) is 5. The van der Waals surface area contributed by atoms with Crippen molar-refractivity contribution in [3.8, 4) is 0 Å². The van der Waals surface area contributed by atoms with Gasteiger partial charge in [-0.1, -0.05) is 37.3 Å². The second-order valence-corrected chi connectivity index (χ2v) is 7.00. The lowest BCUT2D eigenvalue weighted by Crippen LogP contribution is -2.48. The SMILES string of the molecule is CCOC(=O)C(CC)C(=O)C(Cc1ccccc1)NC(=O)OC(C)(C)C.[HH]. The molecule has 1 aromatic carbocycles. The predicted molar refractivity (Wildman–Crippen MR) is 101 cm³/mol. The lowest BCUT2D eigenvalue weighted by Gasteiger charge is -2.25. The van der Waals surface area contributed by atoms with Gasteiger partial charge in [0.25, 0.3) is 0 Å². The van der Waals surface area contributed by atoms with Gasteiger partial charge in [-0.2, -0.15) is 0 Å². The standard InChI is InChI=1S/C20H29NO5.H2/c1-6-15(18(23)25-7-2)17(22)16(13-14-11-9-8-10-12-14)21-19(24)26-20(3,4)5;/h8-12,15-16H,6-7,13H2,1-5H3,(H,21,24);1H. The summed E-state index contributed by atoms with van der Waals surface area (Å²) in [5.41, 5.74) is 0.191. The first kappa shape index (κ1) is 21.7. The Kier molecular flexibility index (Phi) is 8.29. The average Bonchev–Trinajstić information content (AvgIpc) is 2.54. The van der Waals surface area contributed by atoms with Crippen LogP contribution in [0.15, 0.2) is 30.3 Å². The van der Waals surface area contributed by atoms with Gasteiger partial charge in [-0.3, -0.25) is 9.59 Å². The Morgan fingerprint density at radius 1 is 1.12 bits per heavy atom. The Morgan fingerprint density at radius 2 is 1.73 bits per heavy atom. The van der Waals surface area contributed by atoms with Crippen LogP contribution in [0.25, 0.3) is 0 Å². The number of rotatable bonds is 8. The first-order valence-corrected chi connectivity index (χ1v) is 8.91. The molecule has 6 nitrogen and oxygen atoms in total. The second kappa shape index (κ2) is 9.94. The van der Waals surface area contributed by atoms with Crippen molar-refractivity contribution in [2.24, 2.45) is 5.92 Å². The molecule has 2 unspecified atom stereocenters. The van der Waals surface area contributed by atoms with Crippen molar-refractivity contribution in [1.82, 2.24) is 5.32 Å². The number of carbonyl (C=O) groups is 3. The quantitative estimate of drug-likeness (QED) is 0.563. The maximum Gasteiger partial charge on any atom is 0.408 e. The fourth-order valence-electron chi connectivity index (χ4n) is 2.49. The fourth-order valence-corrected chi connectivity index (χ4v) is 2.49. The highest BCUT2D eigenvalue weighted by atomic mass is 16.6. The minimum atomic E-state index is -0.918. The van der Waals surface area contributed by atoms with Gasteiger partial charge in [0.05, 0.1) is 12.6 Å². The molecule has 6 heteroatoms. The van der Waals surface area contributed by atoms with Crippen molar-refractivity contribution in [2.75, 3.05) is 6.61 Å². The molecule has 1 aromatic rings. The molecule has 0 saturated heterocycles. The van der Waals surface area contributed by atoms with Gasteiger partial charge in [0.2, 0.25) is 0 Å². The maximum atomic E-state index is 12.9. The number of hydrogen-bond donors (Lipinski definition) is 1. The summed E-state index contributed by atoms with van der Waals surface area (Å²) in [5, 5.41) is 2.62. The second-order valence-electron chi connectivity index (χ2n) is 7.00. The minimum Gasteiger partial charge on any atom is -0.465 e. The van der Waals surface area contributed by atoms with E-state index in [0.717, 1.165) is 5.56 Å². The average molecular weight is 365 g/mol. The van der Waals surface area contributed by atoms with E-state index in [0.29, 0.717) is 6.42 Å². The first-order chi connectivity index (χ1) is 12.2. The molecular weight excluding hydrogens is 334 g/mol. The third-order valence-corrected chi connectivity index (χ3v) is 3.64. The summed E-state index contributed by atoms with van der Waals surface area (Å²) < 4.78 is 10.3. The van der Waals surface area contributed by atoms with Crippen LogP contribution in [-0.2, 0) is 25.5 Å². The number of esters is 1. The molecule has 0 fully saturated rings. The largest absolute Gasteiger partial charge is 0.465 e. The van der Waals surface area contributed by atoms with E-state index in [1.165, 1.54) is 0 Å². The molecule has 0 aliphatic carbocycles. The van der Waals surface area contributed by atoms with Crippen molar-refractivity contribution in [2.45, 2.75) is 59.1 Å². The van der Waals surface area contributed by atoms with Gasteiger partial charge in [-0.05, 0) is 46.1 Å². The molecule has 146 valence electrons. The van der Waals surface area contributed by atoms with Crippen LogP contribution in [0.4, 0.5) is 4.79 Å². The third kappa shape index (κ3) is 7.25. The van der Waals surface area contributed by atoms with Gasteiger partial charge in [-0.25, -0.2) is 4.79 Å². The molecule has 0 spiro atoms. The van der Waals surface area contributed by atoms with E-state index >= 15 is 0 Å². The smallest absolute Gasteiger partial charge is 0.408 e. The topological polar surface area (TPSA) is 81.7 Å². The van der Waals surface area contributed by atoms with Crippen molar-refractivity contribution >= 4 is 17.8 Å². The molecule has 0 aromatic heterocycles. The van der Waals surface area contributed by atoms with Gasteiger partial charge in [0.15, 0.2) is 5.78 Å². The van der Waals surface area contributed by atoms with Crippen LogP contribution in [0.2, 0.25) is 0 Å². The van der Waals surface area contributed by atoms with E-state index in [1.54, 1.807) is 34.6 Å². The molecular formula is C20H31NO5. The molecule has 0 aliphatic rings. The number of benzene rings is 1. The van der Waals surface area contributed by atoms with Gasteiger partial charge in [0.1, 0.15) is 11.5 Å². The highest BCUT2D eigenvalue weighted by molar-refractivity contribution is 6.02. The maximum absolute atomic E-state index is 12.9. The summed E-state index contributed by atoms with van der Waals surface area (Å²) in [6.07, 6.45) is -0.112. The van der Waals surface area contributed by atoms with Gasteiger partial charge < -0.3 is 14.8 Å². The van der Waals surface area contributed by atoms with E-state index in [-0.39, 0.29) is 20.2 Å². The summed E-state index contributed by atoms with van der Waals surface area (Å²) in [4.78, 5) is 37.2. The zero-order chi connectivity index (χ0) is 19.7. The van der Waals surface area contributed by atoms with Crippen LogP contribution < -0.4 is 5.32 Å². The van der Waals surface area contributed by atoms with Crippen LogP contribution in [0.3, 0.4) is 0 Å². The Hall–Kier alpha value is -2.37. The molecule has 1 amide bonds. The van der Waals surface area contributed by atoms with Crippen molar-refractivity contribution in [3.63, 3.8) is 0 Å². The fraction of sp³-hybridized carbons (Fsp3) is 0.550. The van der Waals surface area contributed by atoms with Crippen molar-refractivity contribution in [1.29, 1.82) is 0 Å². The summed E-state index contributed by atoms with van der Waals surface area (Å²) in [5.74, 6) is -1.86. The number of alkyl carbamates (subject to hydrolysis) is 1. The molecule has 0 heterocycles. The zero-order valence-corrected chi connectivity index (χ0v) is 16.2. The monoisotopic (exact) mass is 365 g/mol. The normalized spacial score (nSPS) is 13.4. The highest BCUT2D eigenvalue weighted by Crippen LogP contribution is 2.15. The summed E-state index contributed by atoms with van der Waals surface area (Å²) in [7, 11) is 0. The third-order valence-electron chi connectivity index (χ3n) is 3.64. The molecule has 0 bridgehead atoms. The van der Waals surface area contributed by atoms with Crippen LogP contribution >= 0.6 is 0 Å². The number of amides is 1. The highest BCUT2D eigenvalue weighted by Gasteiger charge is 2.34. The number of ether oxygens (including phenoxy) is 2. The van der Waals surface area contributed by atoms with Crippen LogP contribution in [0.5, 0.6) is 0 Å². The summed E-state index contributed by atoms with van der Waals surface area (Å²) in [6.45, 7) is 8.86. The van der Waals surface area contributed by atoms with Gasteiger partial charge in [-0.15, -0.1) is 0 Å². The molecule has 26 heavy (non-hydrogen) atoms. The number of ketones is 1. The van der Waals surface area contributed by atoms with Gasteiger partial charge >= 0.3 is 12.1 Å². The Balaban J connectivity index is 0.00000676. The molecule has 1 rings (SSSR count). The Bertz CT molecular complexity index is 613. The Labute approximate surface area is 156 Å². The van der Waals surface area contributed by atoms with Crippen molar-refractivity contribution in [3.05, 3.63) is 35.9 Å². The van der Waals surface area contributed by atoms with E-state index < -0.39 is 29.6 Å². The summed E-state index contributed by atoms with van der Waals surface area (Å²) in [6, 6.07) is 8.43. The molecule has 2 atom stereocenters. The number of carbonyl (C=O) groups excluding carboxylic acids is 3. The van der Waals surface area contributed by atoms with E-state index in [9.17, 15) is 14.4 Å². The van der Waals surface area contributed by atoms with Crippen LogP contribution in [-0.4, -0.2) is 36.1 Å². The first-order valence-electron chi connectivity index (χ1n) is 8.91. The number of nitrogens with one attached hydrogen (secondary N) is 1. The van der Waals surface area contributed by atoms with E-state index in [4.69, 9.17) is 9.47 Å². The Morgan fingerprint density at radius 3 is 2.23 bits per heavy atom. The molecule has 0 aliphatic heterocycles. The van der Waals surface area contributed by atoms with E-state index in [1.807, 2.05) is 30.3 Å². The van der Waals surface area contributed by atoms with Crippen molar-refractivity contribution < 1.29 is 25.3 Å². The molecule has 0 radical (unpaired) electrons. The zero-order valence-electron chi connectivity index (χ0n) is 16.2. The summed E-state index contributed by atoms with van der Waals surface area (Å²) >= 11 is 0. The molecule has 0 saturated carbocycles. The van der Waals surface area contributed by atoms with E-state index in [2.05, 4.69) is 5.32 Å². The minimum absolute atomic E-state index is 0.